The van der Waals surface area contributed by atoms with Crippen LogP contribution in [0.25, 0.3) is 0 Å². The van der Waals surface area contributed by atoms with Gasteiger partial charge in [-0.15, -0.1) is 0 Å². The van der Waals surface area contributed by atoms with Gasteiger partial charge in [0.05, 0.1) is 10.5 Å². The maximum absolute atomic E-state index is 12.7. The van der Waals surface area contributed by atoms with Gasteiger partial charge < -0.3 is 15.4 Å². The molecule has 1 fully saturated rings. The molecule has 1 aromatic carbocycles. The van der Waals surface area contributed by atoms with Gasteiger partial charge >= 0.3 is 0 Å². The Hall–Kier alpha value is -2.39. The SMILES string of the molecule is C=C(C)CN(CC)C(=O)COc1ccc(S(=O)(=O)N2CCCC2)cc1C(N)=O. The molecule has 2 N–H and O–H groups in total. The predicted octanol–water partition coefficient (Wildman–Crippen LogP) is 1.37. The van der Waals surface area contributed by atoms with E-state index in [2.05, 4.69) is 6.58 Å². The molecule has 2 amide bonds. The number of hydrogen-bond acceptors (Lipinski definition) is 5. The largest absolute Gasteiger partial charge is 0.483 e. The lowest BCUT2D eigenvalue weighted by Crippen LogP contribution is -2.36. The zero-order valence-corrected chi connectivity index (χ0v) is 17.1. The minimum absolute atomic E-state index is 0.0145. The van der Waals surface area contributed by atoms with Crippen molar-refractivity contribution in [3.63, 3.8) is 0 Å². The molecule has 1 aromatic rings. The number of sulfonamides is 1. The van der Waals surface area contributed by atoms with Crippen molar-refractivity contribution >= 4 is 21.8 Å². The number of carbonyl (C=O) groups is 2. The van der Waals surface area contributed by atoms with E-state index in [1.807, 2.05) is 13.8 Å². The molecule has 8 nitrogen and oxygen atoms in total. The Kier molecular flexibility index (Phi) is 7.20. The Bertz CT molecular complexity index is 860. The average molecular weight is 410 g/mol. The summed E-state index contributed by atoms with van der Waals surface area (Å²) in [7, 11) is -3.69. The highest BCUT2D eigenvalue weighted by atomic mass is 32.2. The summed E-state index contributed by atoms with van der Waals surface area (Å²) in [6.45, 7) is 8.97. The topological polar surface area (TPSA) is 110 Å². The van der Waals surface area contributed by atoms with Crippen LogP contribution < -0.4 is 10.5 Å². The first-order chi connectivity index (χ1) is 13.2. The molecule has 154 valence electrons. The first-order valence-corrected chi connectivity index (χ1v) is 10.6. The van der Waals surface area contributed by atoms with Crippen LogP contribution in [0.15, 0.2) is 35.2 Å². The predicted molar refractivity (Wildman–Crippen MR) is 106 cm³/mol. The summed E-state index contributed by atoms with van der Waals surface area (Å²) in [6, 6.07) is 3.94. The monoisotopic (exact) mass is 409 g/mol. The molecule has 28 heavy (non-hydrogen) atoms. The second kappa shape index (κ2) is 9.20. The van der Waals surface area contributed by atoms with E-state index in [-0.39, 0.29) is 28.7 Å². The molecule has 0 spiro atoms. The zero-order valence-electron chi connectivity index (χ0n) is 16.3. The highest BCUT2D eigenvalue weighted by Gasteiger charge is 2.28. The number of likely N-dealkylation sites (N-methyl/N-ethyl adjacent to an activating group) is 1. The van der Waals surface area contributed by atoms with Crippen molar-refractivity contribution < 1.29 is 22.7 Å². The number of amides is 2. The summed E-state index contributed by atoms with van der Waals surface area (Å²) in [5, 5.41) is 0. The summed E-state index contributed by atoms with van der Waals surface area (Å²) in [6.07, 6.45) is 1.62. The van der Waals surface area contributed by atoms with Crippen LogP contribution in [-0.2, 0) is 14.8 Å². The molecule has 1 heterocycles. The van der Waals surface area contributed by atoms with E-state index in [4.69, 9.17) is 10.5 Å². The van der Waals surface area contributed by atoms with E-state index < -0.39 is 15.9 Å². The Morgan fingerprint density at radius 3 is 2.46 bits per heavy atom. The number of primary amides is 1. The van der Waals surface area contributed by atoms with Crippen LogP contribution in [0.5, 0.6) is 5.75 Å². The number of nitrogens with two attached hydrogens (primary N) is 1. The first kappa shape index (κ1) is 21.9. The fourth-order valence-corrected chi connectivity index (χ4v) is 4.54. The number of ether oxygens (including phenoxy) is 1. The number of benzene rings is 1. The maximum atomic E-state index is 12.7. The smallest absolute Gasteiger partial charge is 0.260 e. The second-order valence-electron chi connectivity index (χ2n) is 6.79. The maximum Gasteiger partial charge on any atom is 0.260 e. The van der Waals surface area contributed by atoms with Crippen molar-refractivity contribution in [3.8, 4) is 5.75 Å². The Morgan fingerprint density at radius 2 is 1.93 bits per heavy atom. The molecule has 0 bridgehead atoms. The van der Waals surface area contributed by atoms with Crippen molar-refractivity contribution in [2.45, 2.75) is 31.6 Å². The molecule has 0 aromatic heterocycles. The van der Waals surface area contributed by atoms with Gasteiger partial charge in [0.1, 0.15) is 5.75 Å². The summed E-state index contributed by atoms with van der Waals surface area (Å²) >= 11 is 0. The number of hydrogen-bond donors (Lipinski definition) is 1. The molecule has 0 aliphatic carbocycles. The van der Waals surface area contributed by atoms with E-state index >= 15 is 0 Å². The van der Waals surface area contributed by atoms with Crippen LogP contribution >= 0.6 is 0 Å². The molecule has 0 unspecified atom stereocenters. The Morgan fingerprint density at radius 1 is 1.29 bits per heavy atom. The highest BCUT2D eigenvalue weighted by Crippen LogP contribution is 2.26. The molecular weight excluding hydrogens is 382 g/mol. The van der Waals surface area contributed by atoms with Crippen molar-refractivity contribution in [2.75, 3.05) is 32.8 Å². The standard InChI is InChI=1S/C19H27N3O5S/c1-4-21(12-14(2)3)18(23)13-27-17-8-7-15(11-16(17)19(20)24)28(25,26)22-9-5-6-10-22/h7-8,11H,2,4-6,9-10,12-13H2,1,3H3,(H2,20,24). The van der Waals surface area contributed by atoms with E-state index in [1.165, 1.54) is 22.5 Å². The van der Waals surface area contributed by atoms with Gasteiger partial charge in [-0.05, 0) is 44.9 Å². The van der Waals surface area contributed by atoms with Gasteiger partial charge in [0.2, 0.25) is 10.0 Å². The fraction of sp³-hybridized carbons (Fsp3) is 0.474. The molecule has 0 atom stereocenters. The van der Waals surface area contributed by atoms with Crippen LogP contribution in [0, 0.1) is 0 Å². The molecule has 2 rings (SSSR count). The van der Waals surface area contributed by atoms with Crippen molar-refractivity contribution in [2.24, 2.45) is 5.73 Å². The number of carbonyl (C=O) groups excluding carboxylic acids is 2. The molecule has 1 aliphatic rings. The van der Waals surface area contributed by atoms with Gasteiger partial charge in [-0.3, -0.25) is 9.59 Å². The van der Waals surface area contributed by atoms with Gasteiger partial charge in [0.15, 0.2) is 6.61 Å². The summed E-state index contributed by atoms with van der Waals surface area (Å²) < 4.78 is 32.2. The van der Waals surface area contributed by atoms with Crippen LogP contribution in [0.4, 0.5) is 0 Å². The van der Waals surface area contributed by atoms with Crippen molar-refractivity contribution in [1.29, 1.82) is 0 Å². The molecule has 1 saturated heterocycles. The molecular formula is C19H27N3O5S. The van der Waals surface area contributed by atoms with Crippen molar-refractivity contribution in [3.05, 3.63) is 35.9 Å². The second-order valence-corrected chi connectivity index (χ2v) is 8.73. The van der Waals surface area contributed by atoms with Crippen molar-refractivity contribution in [1.82, 2.24) is 9.21 Å². The van der Waals surface area contributed by atoms with E-state index in [0.717, 1.165) is 18.4 Å². The Balaban J connectivity index is 2.20. The quantitative estimate of drug-likeness (QED) is 0.620. The van der Waals surface area contributed by atoms with E-state index in [9.17, 15) is 18.0 Å². The van der Waals surface area contributed by atoms with Crippen LogP contribution in [0.3, 0.4) is 0 Å². The lowest BCUT2D eigenvalue weighted by atomic mass is 10.2. The Labute approximate surface area is 166 Å². The molecule has 0 radical (unpaired) electrons. The van der Waals surface area contributed by atoms with Gasteiger partial charge in [-0.25, -0.2) is 8.42 Å². The first-order valence-electron chi connectivity index (χ1n) is 9.15. The van der Waals surface area contributed by atoms with E-state index in [1.54, 1.807) is 4.90 Å². The summed E-state index contributed by atoms with van der Waals surface area (Å²) in [5.41, 5.74) is 6.17. The molecule has 0 saturated carbocycles. The minimum Gasteiger partial charge on any atom is -0.483 e. The number of nitrogens with zero attached hydrogens (tertiary/aromatic N) is 2. The lowest BCUT2D eigenvalue weighted by Gasteiger charge is -2.21. The fourth-order valence-electron chi connectivity index (χ4n) is 3.00. The van der Waals surface area contributed by atoms with E-state index in [0.29, 0.717) is 26.2 Å². The summed E-state index contributed by atoms with van der Waals surface area (Å²) in [5.74, 6) is -1.02. The van der Waals surface area contributed by atoms with Gasteiger partial charge in [-0.2, -0.15) is 4.31 Å². The van der Waals surface area contributed by atoms with Crippen LogP contribution in [-0.4, -0.2) is 62.2 Å². The molecule has 1 aliphatic heterocycles. The van der Waals surface area contributed by atoms with Crippen LogP contribution in [0.1, 0.15) is 37.0 Å². The third kappa shape index (κ3) is 5.11. The average Bonchev–Trinajstić information content (AvgIpc) is 3.19. The van der Waals surface area contributed by atoms with Gasteiger partial charge in [0, 0.05) is 26.2 Å². The minimum atomic E-state index is -3.69. The third-order valence-electron chi connectivity index (χ3n) is 4.47. The normalized spacial score (nSPS) is 14.6. The number of rotatable bonds is 9. The molecule has 9 heteroatoms. The van der Waals surface area contributed by atoms with Gasteiger partial charge in [0.25, 0.3) is 11.8 Å². The van der Waals surface area contributed by atoms with Gasteiger partial charge in [-0.1, -0.05) is 12.2 Å². The summed E-state index contributed by atoms with van der Waals surface area (Å²) in [4.78, 5) is 25.7. The zero-order chi connectivity index (χ0) is 20.9. The highest BCUT2D eigenvalue weighted by molar-refractivity contribution is 7.89. The van der Waals surface area contributed by atoms with Crippen LogP contribution in [0.2, 0.25) is 0 Å². The lowest BCUT2D eigenvalue weighted by molar-refractivity contribution is -0.132. The third-order valence-corrected chi connectivity index (χ3v) is 6.36.